The molecule has 0 radical (unpaired) electrons. The lowest BCUT2D eigenvalue weighted by Gasteiger charge is -2.31. The molecule has 2 rings (SSSR count). The summed E-state index contributed by atoms with van der Waals surface area (Å²) >= 11 is 11.7. The fraction of sp³-hybridized carbons (Fsp3) is 0.500. The van der Waals surface area contributed by atoms with E-state index in [2.05, 4.69) is 0 Å². The highest BCUT2D eigenvalue weighted by Crippen LogP contribution is 2.34. The van der Waals surface area contributed by atoms with Gasteiger partial charge in [0.1, 0.15) is 5.02 Å². The Morgan fingerprint density at radius 1 is 1.29 bits per heavy atom. The Kier molecular flexibility index (Phi) is 5.06. The predicted octanol–water partition coefficient (Wildman–Crippen LogP) is 4.31. The Morgan fingerprint density at radius 3 is 2.48 bits per heavy atom. The third-order valence-corrected chi connectivity index (χ3v) is 4.69. The molecule has 0 bridgehead atoms. The van der Waals surface area contributed by atoms with Crippen molar-refractivity contribution in [1.82, 2.24) is 4.90 Å². The first-order valence-corrected chi connectivity index (χ1v) is 7.58. The van der Waals surface area contributed by atoms with Crippen molar-refractivity contribution in [3.63, 3.8) is 0 Å². The number of nitro groups is 1. The fourth-order valence-corrected chi connectivity index (χ4v) is 3.06. The van der Waals surface area contributed by atoms with Crippen molar-refractivity contribution in [1.29, 1.82) is 0 Å². The van der Waals surface area contributed by atoms with Crippen molar-refractivity contribution in [2.24, 2.45) is 0 Å². The molecule has 0 heterocycles. The van der Waals surface area contributed by atoms with Crippen LogP contribution in [0.5, 0.6) is 0 Å². The summed E-state index contributed by atoms with van der Waals surface area (Å²) in [5, 5.41) is 10.8. The molecule has 114 valence electrons. The second-order valence-corrected chi connectivity index (χ2v) is 6.04. The highest BCUT2D eigenvalue weighted by molar-refractivity contribution is 6.43. The monoisotopic (exact) mass is 330 g/mol. The molecule has 5 nitrogen and oxygen atoms in total. The van der Waals surface area contributed by atoms with Gasteiger partial charge in [-0.1, -0.05) is 42.5 Å². The number of amides is 1. The molecule has 1 fully saturated rings. The van der Waals surface area contributed by atoms with E-state index in [1.54, 1.807) is 11.9 Å². The summed E-state index contributed by atoms with van der Waals surface area (Å²) in [5.74, 6) is -0.261. The number of carbonyl (C=O) groups excluding carboxylic acids is 1. The molecule has 1 aliphatic rings. The van der Waals surface area contributed by atoms with Gasteiger partial charge in [-0.3, -0.25) is 14.9 Å². The van der Waals surface area contributed by atoms with Crippen LogP contribution >= 0.6 is 23.2 Å². The Bertz CT molecular complexity index is 572. The van der Waals surface area contributed by atoms with Crippen molar-refractivity contribution in [3.8, 4) is 0 Å². The van der Waals surface area contributed by atoms with E-state index < -0.39 is 4.92 Å². The topological polar surface area (TPSA) is 63.5 Å². The van der Waals surface area contributed by atoms with E-state index in [0.29, 0.717) is 0 Å². The summed E-state index contributed by atoms with van der Waals surface area (Å²) in [4.78, 5) is 24.5. The van der Waals surface area contributed by atoms with Gasteiger partial charge in [-0.2, -0.15) is 0 Å². The first kappa shape index (κ1) is 16.0. The summed E-state index contributed by atoms with van der Waals surface area (Å²) < 4.78 is 0. The third kappa shape index (κ3) is 3.47. The minimum Gasteiger partial charge on any atom is -0.339 e. The quantitative estimate of drug-likeness (QED) is 0.612. The van der Waals surface area contributed by atoms with Gasteiger partial charge in [0.2, 0.25) is 0 Å². The highest BCUT2D eigenvalue weighted by atomic mass is 35.5. The normalized spacial score (nSPS) is 15.8. The second kappa shape index (κ2) is 6.62. The Morgan fingerprint density at radius 2 is 1.90 bits per heavy atom. The maximum Gasteiger partial charge on any atom is 0.290 e. The van der Waals surface area contributed by atoms with Crippen LogP contribution in [0.3, 0.4) is 0 Å². The SMILES string of the molecule is CN(C(=O)c1cc(Cl)c(Cl)c([N+](=O)[O-])c1)C1CCCCC1. The van der Waals surface area contributed by atoms with E-state index in [9.17, 15) is 14.9 Å². The van der Waals surface area contributed by atoms with Gasteiger partial charge in [0.05, 0.1) is 9.95 Å². The number of nitro benzene ring substituents is 1. The number of rotatable bonds is 3. The maximum absolute atomic E-state index is 12.5. The smallest absolute Gasteiger partial charge is 0.290 e. The predicted molar refractivity (Wildman–Crippen MR) is 82.1 cm³/mol. The Balaban J connectivity index is 2.28. The van der Waals surface area contributed by atoms with Gasteiger partial charge in [0.25, 0.3) is 11.6 Å². The fourth-order valence-electron chi connectivity index (χ4n) is 2.67. The second-order valence-electron chi connectivity index (χ2n) is 5.26. The molecule has 0 N–H and O–H groups in total. The number of carbonyl (C=O) groups is 1. The third-order valence-electron chi connectivity index (χ3n) is 3.90. The molecule has 0 aromatic heterocycles. The molecular weight excluding hydrogens is 315 g/mol. The van der Waals surface area contributed by atoms with Crippen LogP contribution in [-0.2, 0) is 0 Å². The Labute approximate surface area is 133 Å². The number of halogens is 2. The lowest BCUT2D eigenvalue weighted by atomic mass is 9.94. The summed E-state index contributed by atoms with van der Waals surface area (Å²) in [6.07, 6.45) is 5.32. The van der Waals surface area contributed by atoms with Gasteiger partial charge in [-0.05, 0) is 18.9 Å². The van der Waals surface area contributed by atoms with Crippen LogP contribution in [0.1, 0.15) is 42.5 Å². The Hall–Kier alpha value is -1.33. The molecule has 1 aliphatic carbocycles. The zero-order valence-corrected chi connectivity index (χ0v) is 13.2. The van der Waals surface area contributed by atoms with Crippen molar-refractivity contribution in [3.05, 3.63) is 37.9 Å². The summed E-state index contributed by atoms with van der Waals surface area (Å²) in [5.41, 5.74) is -0.145. The van der Waals surface area contributed by atoms with Crippen LogP contribution in [0.15, 0.2) is 12.1 Å². The lowest BCUT2D eigenvalue weighted by Crippen LogP contribution is -2.38. The largest absolute Gasteiger partial charge is 0.339 e. The van der Waals surface area contributed by atoms with Crippen LogP contribution in [0, 0.1) is 10.1 Å². The number of nitrogens with zero attached hydrogens (tertiary/aromatic N) is 2. The van der Waals surface area contributed by atoms with Crippen molar-refractivity contribution in [2.75, 3.05) is 7.05 Å². The average Bonchev–Trinajstić information content (AvgIpc) is 2.49. The first-order valence-electron chi connectivity index (χ1n) is 6.82. The zero-order valence-electron chi connectivity index (χ0n) is 11.6. The van der Waals surface area contributed by atoms with Gasteiger partial charge in [-0.25, -0.2) is 0 Å². The molecule has 21 heavy (non-hydrogen) atoms. The van der Waals surface area contributed by atoms with E-state index >= 15 is 0 Å². The zero-order chi connectivity index (χ0) is 15.6. The van der Waals surface area contributed by atoms with Gasteiger partial charge in [0, 0.05) is 24.7 Å². The minimum absolute atomic E-state index is 0.0197. The molecule has 1 saturated carbocycles. The van der Waals surface area contributed by atoms with E-state index in [-0.39, 0.29) is 33.2 Å². The number of hydrogen-bond donors (Lipinski definition) is 0. The van der Waals surface area contributed by atoms with Crippen molar-refractivity contribution in [2.45, 2.75) is 38.1 Å². The molecule has 0 atom stereocenters. The minimum atomic E-state index is -0.633. The van der Waals surface area contributed by atoms with Gasteiger partial charge in [0.15, 0.2) is 0 Å². The van der Waals surface area contributed by atoms with Crippen LogP contribution in [-0.4, -0.2) is 28.8 Å². The van der Waals surface area contributed by atoms with Gasteiger partial charge in [-0.15, -0.1) is 0 Å². The molecule has 0 aliphatic heterocycles. The van der Waals surface area contributed by atoms with Crippen LogP contribution < -0.4 is 0 Å². The van der Waals surface area contributed by atoms with Crippen molar-refractivity contribution >= 4 is 34.8 Å². The number of benzene rings is 1. The molecule has 0 unspecified atom stereocenters. The molecule has 1 aromatic rings. The standard InChI is InChI=1S/C14H16Cl2N2O3/c1-17(10-5-3-2-4-6-10)14(19)9-7-11(15)13(16)12(8-9)18(20)21/h7-8,10H,2-6H2,1H3. The molecule has 0 spiro atoms. The summed E-state index contributed by atoms with van der Waals surface area (Å²) in [6, 6.07) is 2.76. The van der Waals surface area contributed by atoms with E-state index in [0.717, 1.165) is 25.7 Å². The van der Waals surface area contributed by atoms with Gasteiger partial charge >= 0.3 is 0 Å². The molecule has 0 saturated heterocycles. The molecule has 7 heteroatoms. The molecule has 1 aromatic carbocycles. The maximum atomic E-state index is 12.5. The van der Waals surface area contributed by atoms with E-state index in [1.165, 1.54) is 18.6 Å². The summed E-state index contributed by atoms with van der Waals surface area (Å²) in [6.45, 7) is 0. The highest BCUT2D eigenvalue weighted by Gasteiger charge is 2.26. The van der Waals surface area contributed by atoms with E-state index in [4.69, 9.17) is 23.2 Å². The summed E-state index contributed by atoms with van der Waals surface area (Å²) in [7, 11) is 1.73. The average molecular weight is 331 g/mol. The lowest BCUT2D eigenvalue weighted by molar-refractivity contribution is -0.384. The molecule has 1 amide bonds. The van der Waals surface area contributed by atoms with Crippen LogP contribution in [0.2, 0.25) is 10.0 Å². The van der Waals surface area contributed by atoms with Crippen LogP contribution in [0.25, 0.3) is 0 Å². The van der Waals surface area contributed by atoms with Crippen LogP contribution in [0.4, 0.5) is 5.69 Å². The van der Waals surface area contributed by atoms with Gasteiger partial charge < -0.3 is 4.90 Å². The first-order chi connectivity index (χ1) is 9.91. The number of hydrogen-bond acceptors (Lipinski definition) is 3. The van der Waals surface area contributed by atoms with E-state index in [1.807, 2.05) is 0 Å². The van der Waals surface area contributed by atoms with Crippen molar-refractivity contribution < 1.29 is 9.72 Å². The molecular formula is C14H16Cl2N2O3.